The third kappa shape index (κ3) is 5.04. The molecule has 1 fully saturated rings. The number of aromatic nitrogens is 4. The molecule has 2 aliphatic heterocycles. The molecular weight excluding hydrogens is 498 g/mol. The monoisotopic (exact) mass is 535 g/mol. The summed E-state index contributed by atoms with van der Waals surface area (Å²) in [5.41, 5.74) is 3.91. The number of nitrogens with zero attached hydrogens (tertiary/aromatic N) is 6. The van der Waals surface area contributed by atoms with E-state index in [9.17, 15) is 4.79 Å². The third-order valence-electron chi connectivity index (χ3n) is 7.46. The van der Waals surface area contributed by atoms with Gasteiger partial charge in [-0.1, -0.05) is 6.92 Å². The van der Waals surface area contributed by atoms with Gasteiger partial charge in [0.15, 0.2) is 0 Å². The van der Waals surface area contributed by atoms with Crippen LogP contribution in [-0.2, 0) is 36.7 Å². The highest BCUT2D eigenvalue weighted by Crippen LogP contribution is 2.40. The first kappa shape index (κ1) is 26.6. The van der Waals surface area contributed by atoms with E-state index in [0.717, 1.165) is 59.3 Å². The summed E-state index contributed by atoms with van der Waals surface area (Å²) in [4.78, 5) is 24.0. The molecule has 2 aliphatic rings. The lowest BCUT2D eigenvalue weighted by molar-refractivity contribution is -0.0611. The Balaban J connectivity index is 1.50. The molecule has 0 atom stereocenters. The van der Waals surface area contributed by atoms with Crippen LogP contribution in [0.5, 0.6) is 0 Å². The maximum Gasteiger partial charge on any atom is 0.260 e. The van der Waals surface area contributed by atoms with Crippen LogP contribution in [0.3, 0.4) is 0 Å². The van der Waals surface area contributed by atoms with Gasteiger partial charge in [-0.05, 0) is 74.1 Å². The quantitative estimate of drug-likeness (QED) is 0.370. The van der Waals surface area contributed by atoms with Crippen LogP contribution < -0.4 is 10.2 Å². The number of aryl methyl sites for hydroxylation is 1. The lowest BCUT2D eigenvalue weighted by Gasteiger charge is -2.42. The number of nitrogens with one attached hydrogen (secondary N) is 1. The average Bonchev–Trinajstić information content (AvgIpc) is 3.43. The molecular formula is C28H37N7O2S. The first-order valence-corrected chi connectivity index (χ1v) is 14.5. The molecule has 0 bridgehead atoms. The van der Waals surface area contributed by atoms with Crippen LogP contribution in [0.25, 0.3) is 0 Å². The zero-order valence-electron chi connectivity index (χ0n) is 23.0. The van der Waals surface area contributed by atoms with E-state index >= 15 is 0 Å². The fourth-order valence-electron chi connectivity index (χ4n) is 5.38. The summed E-state index contributed by atoms with van der Waals surface area (Å²) in [5, 5.41) is 11.8. The van der Waals surface area contributed by atoms with Crippen molar-refractivity contribution in [2.45, 2.75) is 50.1 Å². The molecule has 3 aromatic rings. The van der Waals surface area contributed by atoms with E-state index in [0.29, 0.717) is 32.0 Å². The Kier molecular flexibility index (Phi) is 7.74. The van der Waals surface area contributed by atoms with Gasteiger partial charge in [0.05, 0.1) is 19.8 Å². The van der Waals surface area contributed by atoms with Gasteiger partial charge in [0, 0.05) is 42.4 Å². The number of thioether (sulfide) groups is 1. The number of carbonyl (C=O) groups excluding carboxylic acids is 1. The molecule has 4 heterocycles. The van der Waals surface area contributed by atoms with Crippen LogP contribution in [0.4, 0.5) is 11.6 Å². The summed E-state index contributed by atoms with van der Waals surface area (Å²) in [5.74, 6) is 2.35. The minimum Gasteiger partial charge on any atom is -0.379 e. The largest absolute Gasteiger partial charge is 0.379 e. The second-order valence-electron chi connectivity index (χ2n) is 10.4. The second-order valence-corrected chi connectivity index (χ2v) is 11.2. The standard InChI is InChI=1S/C28H37N7O2S/c1-6-8-33(3)14-19-9-21-22(23(10-19)38-5)15-35(27(21)36)25-12-20(11-24(31-25)29-7-2)28(16-37-17-28)13-26-32-30-18-34(26)4/h9-12,18H,6-8,13-17H2,1-5H3,(H,29,31). The second kappa shape index (κ2) is 11.0. The molecule has 0 aliphatic carbocycles. The van der Waals surface area contributed by atoms with E-state index < -0.39 is 0 Å². The molecule has 1 saturated heterocycles. The van der Waals surface area contributed by atoms with Crippen LogP contribution in [0.15, 0.2) is 35.5 Å². The molecule has 9 nitrogen and oxygen atoms in total. The van der Waals surface area contributed by atoms with E-state index in [1.807, 2.05) is 16.5 Å². The van der Waals surface area contributed by atoms with Gasteiger partial charge in [0.25, 0.3) is 5.91 Å². The molecule has 2 aromatic heterocycles. The molecule has 1 aromatic carbocycles. The molecule has 0 radical (unpaired) electrons. The minimum atomic E-state index is -0.236. The molecule has 1 amide bonds. The van der Waals surface area contributed by atoms with Crippen LogP contribution in [0.2, 0.25) is 0 Å². The predicted molar refractivity (Wildman–Crippen MR) is 151 cm³/mol. The maximum atomic E-state index is 13.8. The summed E-state index contributed by atoms with van der Waals surface area (Å²) in [6.45, 7) is 8.52. The maximum absolute atomic E-state index is 13.8. The molecule has 0 spiro atoms. The molecule has 0 saturated carbocycles. The van der Waals surface area contributed by atoms with Gasteiger partial charge in [-0.15, -0.1) is 22.0 Å². The van der Waals surface area contributed by atoms with E-state index in [1.165, 1.54) is 5.56 Å². The summed E-state index contributed by atoms with van der Waals surface area (Å²) in [6, 6.07) is 8.47. The normalized spacial score (nSPS) is 16.2. The number of fused-ring (bicyclic) bond motifs is 1. The Labute approximate surface area is 229 Å². The number of carbonyl (C=O) groups is 1. The van der Waals surface area contributed by atoms with Gasteiger partial charge in [0.1, 0.15) is 23.8 Å². The zero-order chi connectivity index (χ0) is 26.9. The van der Waals surface area contributed by atoms with Crippen molar-refractivity contribution in [2.75, 3.05) is 49.8 Å². The fraction of sp³-hybridized carbons (Fsp3) is 0.500. The lowest BCUT2D eigenvalue weighted by atomic mass is 9.75. The SMILES string of the molecule is CCCN(C)Cc1cc(SC)c2c(c1)C(=O)N(c1cc(C3(Cc4nncn4C)COC3)cc(NCC)n1)C2. The number of pyridine rings is 1. The Bertz CT molecular complexity index is 1320. The smallest absolute Gasteiger partial charge is 0.260 e. The molecule has 0 unspecified atom stereocenters. The van der Waals surface area contributed by atoms with Crippen molar-refractivity contribution in [1.29, 1.82) is 0 Å². The van der Waals surface area contributed by atoms with Crippen LogP contribution in [0, 0.1) is 0 Å². The highest BCUT2D eigenvalue weighted by Gasteiger charge is 2.43. The zero-order valence-corrected chi connectivity index (χ0v) is 23.8. The van der Waals surface area contributed by atoms with E-state index in [-0.39, 0.29) is 11.3 Å². The van der Waals surface area contributed by atoms with Gasteiger partial charge in [-0.25, -0.2) is 4.98 Å². The van der Waals surface area contributed by atoms with Gasteiger partial charge in [-0.3, -0.25) is 9.69 Å². The third-order valence-corrected chi connectivity index (χ3v) is 8.26. The lowest BCUT2D eigenvalue weighted by Crippen LogP contribution is -2.49. The van der Waals surface area contributed by atoms with Crippen molar-refractivity contribution in [1.82, 2.24) is 24.6 Å². The van der Waals surface area contributed by atoms with Crippen molar-refractivity contribution in [3.8, 4) is 0 Å². The highest BCUT2D eigenvalue weighted by molar-refractivity contribution is 7.98. The number of amides is 1. The van der Waals surface area contributed by atoms with Gasteiger partial charge < -0.3 is 19.5 Å². The molecule has 38 heavy (non-hydrogen) atoms. The number of hydrogen-bond donors (Lipinski definition) is 1. The van der Waals surface area contributed by atoms with Crippen LogP contribution >= 0.6 is 11.8 Å². The predicted octanol–water partition coefficient (Wildman–Crippen LogP) is 3.88. The first-order chi connectivity index (χ1) is 18.4. The van der Waals surface area contributed by atoms with E-state index in [4.69, 9.17) is 9.72 Å². The topological polar surface area (TPSA) is 88.4 Å². The number of hydrogen-bond acceptors (Lipinski definition) is 8. The summed E-state index contributed by atoms with van der Waals surface area (Å²) in [6.07, 6.45) is 5.61. The summed E-state index contributed by atoms with van der Waals surface area (Å²) >= 11 is 1.70. The van der Waals surface area contributed by atoms with Gasteiger partial charge >= 0.3 is 0 Å². The number of benzene rings is 1. The Morgan fingerprint density at radius 2 is 2.03 bits per heavy atom. The van der Waals surface area contributed by atoms with Crippen molar-refractivity contribution in [3.05, 3.63) is 58.7 Å². The number of anilines is 2. The van der Waals surface area contributed by atoms with Crippen molar-refractivity contribution >= 4 is 29.3 Å². The van der Waals surface area contributed by atoms with Crippen molar-refractivity contribution in [2.24, 2.45) is 7.05 Å². The Morgan fingerprint density at radius 1 is 1.21 bits per heavy atom. The van der Waals surface area contributed by atoms with Gasteiger partial charge in [0.2, 0.25) is 0 Å². The number of ether oxygens (including phenoxy) is 1. The van der Waals surface area contributed by atoms with Crippen molar-refractivity contribution < 1.29 is 9.53 Å². The summed E-state index contributed by atoms with van der Waals surface area (Å²) in [7, 11) is 4.09. The Hall–Kier alpha value is -2.95. The molecule has 202 valence electrons. The first-order valence-electron chi connectivity index (χ1n) is 13.2. The fourth-order valence-corrected chi connectivity index (χ4v) is 6.07. The minimum absolute atomic E-state index is 0.00889. The summed E-state index contributed by atoms with van der Waals surface area (Å²) < 4.78 is 7.68. The molecule has 10 heteroatoms. The van der Waals surface area contributed by atoms with E-state index in [2.05, 4.69) is 71.8 Å². The van der Waals surface area contributed by atoms with Gasteiger partial charge in [-0.2, -0.15) is 0 Å². The Morgan fingerprint density at radius 3 is 2.66 bits per heavy atom. The average molecular weight is 536 g/mol. The van der Waals surface area contributed by atoms with E-state index in [1.54, 1.807) is 18.1 Å². The molecule has 5 rings (SSSR count). The highest BCUT2D eigenvalue weighted by atomic mass is 32.2. The molecule has 1 N–H and O–H groups in total. The van der Waals surface area contributed by atoms with Crippen LogP contribution in [-0.4, -0.2) is 70.2 Å². The van der Waals surface area contributed by atoms with Crippen LogP contribution in [0.1, 0.15) is 53.1 Å². The van der Waals surface area contributed by atoms with Crippen molar-refractivity contribution in [3.63, 3.8) is 0 Å². The number of rotatable bonds is 11.